The lowest BCUT2D eigenvalue weighted by Gasteiger charge is -2.41. The van der Waals surface area contributed by atoms with Crippen LogP contribution in [0.5, 0.6) is 0 Å². The molecule has 0 unspecified atom stereocenters. The summed E-state index contributed by atoms with van der Waals surface area (Å²) in [6, 6.07) is 16.1. The van der Waals surface area contributed by atoms with Crippen molar-refractivity contribution in [3.8, 4) is 11.3 Å². The molecule has 2 aliphatic heterocycles. The van der Waals surface area contributed by atoms with Crippen LogP contribution < -0.4 is 0 Å². The molecule has 1 saturated carbocycles. The van der Waals surface area contributed by atoms with Gasteiger partial charge in [-0.2, -0.15) is 0 Å². The van der Waals surface area contributed by atoms with Gasteiger partial charge in [-0.15, -0.1) is 0 Å². The molecule has 6 rings (SSSR count). The fourth-order valence-corrected chi connectivity index (χ4v) is 6.50. The average Bonchev–Trinajstić information content (AvgIpc) is 3.58. The molecule has 3 aromatic rings. The molecule has 2 saturated heterocycles. The monoisotopic (exact) mass is 574 g/mol. The van der Waals surface area contributed by atoms with Crippen molar-refractivity contribution in [2.24, 2.45) is 0 Å². The summed E-state index contributed by atoms with van der Waals surface area (Å²) in [5, 5.41) is 0. The Bertz CT molecular complexity index is 1450. The Morgan fingerprint density at radius 1 is 1.10 bits per heavy atom. The normalized spacial score (nSPS) is 24.1. The van der Waals surface area contributed by atoms with Crippen molar-refractivity contribution in [1.29, 1.82) is 0 Å². The SMILES string of the molecule is CC(C)(C)OC(=O)N1CCN(C(=O)c2ncn([C@@H]3CCCC[C@]34CO4)c2-c2cccc(F)c2)[C@H](Cc2ccccc2)C1. The number of benzene rings is 2. The maximum absolute atomic E-state index is 14.5. The molecule has 222 valence electrons. The van der Waals surface area contributed by atoms with Gasteiger partial charge >= 0.3 is 6.09 Å². The molecule has 0 bridgehead atoms. The Labute approximate surface area is 246 Å². The zero-order valence-corrected chi connectivity index (χ0v) is 24.6. The predicted molar refractivity (Wildman–Crippen MR) is 157 cm³/mol. The minimum Gasteiger partial charge on any atom is -0.444 e. The van der Waals surface area contributed by atoms with Gasteiger partial charge in [0.25, 0.3) is 5.91 Å². The van der Waals surface area contributed by atoms with E-state index in [4.69, 9.17) is 14.5 Å². The van der Waals surface area contributed by atoms with Gasteiger partial charge in [0.1, 0.15) is 17.0 Å². The van der Waals surface area contributed by atoms with Crippen molar-refractivity contribution in [1.82, 2.24) is 19.4 Å². The van der Waals surface area contributed by atoms with E-state index in [9.17, 15) is 14.0 Å². The Hall–Kier alpha value is -3.72. The lowest BCUT2D eigenvalue weighted by molar-refractivity contribution is 0.00429. The van der Waals surface area contributed by atoms with Crippen LogP contribution in [0.4, 0.5) is 9.18 Å². The molecule has 3 fully saturated rings. The minimum atomic E-state index is -0.618. The molecule has 3 heterocycles. The molecule has 2 aromatic carbocycles. The van der Waals surface area contributed by atoms with Crippen LogP contribution >= 0.6 is 0 Å². The van der Waals surface area contributed by atoms with Crippen LogP contribution in [0.2, 0.25) is 0 Å². The summed E-state index contributed by atoms with van der Waals surface area (Å²) < 4.78 is 28.2. The summed E-state index contributed by atoms with van der Waals surface area (Å²) >= 11 is 0. The number of halogens is 1. The van der Waals surface area contributed by atoms with Gasteiger partial charge in [0, 0.05) is 25.2 Å². The van der Waals surface area contributed by atoms with Gasteiger partial charge in [0.15, 0.2) is 5.69 Å². The Kier molecular flexibility index (Phi) is 7.55. The molecular weight excluding hydrogens is 535 g/mol. The van der Waals surface area contributed by atoms with Crippen LogP contribution in [0.3, 0.4) is 0 Å². The van der Waals surface area contributed by atoms with Gasteiger partial charge in [-0.1, -0.05) is 55.3 Å². The maximum Gasteiger partial charge on any atom is 0.410 e. The van der Waals surface area contributed by atoms with Crippen molar-refractivity contribution in [2.45, 2.75) is 76.2 Å². The van der Waals surface area contributed by atoms with Crippen LogP contribution in [0, 0.1) is 5.82 Å². The van der Waals surface area contributed by atoms with Crippen LogP contribution in [0.15, 0.2) is 60.9 Å². The van der Waals surface area contributed by atoms with E-state index in [0.29, 0.717) is 49.6 Å². The van der Waals surface area contributed by atoms with Crippen molar-refractivity contribution in [2.75, 3.05) is 26.2 Å². The number of carbonyl (C=O) groups is 2. The molecule has 1 spiro atoms. The molecular formula is C33H39FN4O4. The molecule has 3 aliphatic rings. The van der Waals surface area contributed by atoms with E-state index in [0.717, 1.165) is 31.2 Å². The van der Waals surface area contributed by atoms with E-state index in [2.05, 4.69) is 4.57 Å². The standard InChI is InChI=1S/C33H39FN4O4/c1-32(2,3)42-31(40)36-16-17-37(26(20-36)18-23-10-5-4-6-11-23)30(39)28-29(24-12-9-13-25(34)19-24)38(22-35-28)27-14-7-8-15-33(27)21-41-33/h4-6,9-13,19,22,26-27H,7-8,14-18,20-21H2,1-3H3/t26-,27-,33+/m1/s1. The molecule has 1 aromatic heterocycles. The van der Waals surface area contributed by atoms with Crippen LogP contribution in [-0.2, 0) is 15.9 Å². The highest BCUT2D eigenvalue weighted by molar-refractivity contribution is 5.98. The highest BCUT2D eigenvalue weighted by atomic mass is 19.1. The van der Waals surface area contributed by atoms with Gasteiger partial charge in [-0.25, -0.2) is 14.2 Å². The second-order valence-corrected chi connectivity index (χ2v) is 12.7. The number of epoxide rings is 1. The zero-order valence-electron chi connectivity index (χ0n) is 24.6. The van der Waals surface area contributed by atoms with Crippen LogP contribution in [0.1, 0.15) is 68.5 Å². The Balaban J connectivity index is 1.35. The summed E-state index contributed by atoms with van der Waals surface area (Å²) in [4.78, 5) is 35.7. The van der Waals surface area contributed by atoms with E-state index in [1.54, 1.807) is 17.3 Å². The number of hydrogen-bond acceptors (Lipinski definition) is 5. The zero-order chi connectivity index (χ0) is 29.5. The highest BCUT2D eigenvalue weighted by Gasteiger charge is 2.54. The van der Waals surface area contributed by atoms with E-state index >= 15 is 0 Å². The van der Waals surface area contributed by atoms with Gasteiger partial charge in [0.05, 0.1) is 30.7 Å². The Morgan fingerprint density at radius 2 is 1.88 bits per heavy atom. The van der Waals surface area contributed by atoms with Crippen molar-refractivity contribution >= 4 is 12.0 Å². The minimum absolute atomic E-state index is 0.0303. The number of aromatic nitrogens is 2. The van der Waals surface area contributed by atoms with E-state index < -0.39 is 5.60 Å². The smallest absolute Gasteiger partial charge is 0.410 e. The number of piperazine rings is 1. The summed E-state index contributed by atoms with van der Waals surface area (Å²) in [5.41, 5.74) is 1.74. The van der Waals surface area contributed by atoms with Gasteiger partial charge in [0.2, 0.25) is 0 Å². The summed E-state index contributed by atoms with van der Waals surface area (Å²) in [6.45, 7) is 7.25. The average molecular weight is 575 g/mol. The van der Waals surface area contributed by atoms with E-state index in [-0.39, 0.29) is 35.5 Å². The second-order valence-electron chi connectivity index (χ2n) is 12.7. The third-order valence-corrected chi connectivity index (χ3v) is 8.59. The maximum atomic E-state index is 14.5. The van der Waals surface area contributed by atoms with Gasteiger partial charge < -0.3 is 23.8 Å². The fourth-order valence-electron chi connectivity index (χ4n) is 6.50. The topological polar surface area (TPSA) is 80.2 Å². The molecule has 0 radical (unpaired) electrons. The van der Waals surface area contributed by atoms with Gasteiger partial charge in [-0.3, -0.25) is 4.79 Å². The number of amides is 2. The first-order chi connectivity index (χ1) is 20.1. The third kappa shape index (κ3) is 5.79. The molecule has 3 atom stereocenters. The summed E-state index contributed by atoms with van der Waals surface area (Å²) in [5.74, 6) is -0.591. The first-order valence-corrected chi connectivity index (χ1v) is 14.9. The molecule has 9 heteroatoms. The molecule has 2 amide bonds. The van der Waals surface area contributed by atoms with Crippen molar-refractivity contribution < 1.29 is 23.5 Å². The van der Waals surface area contributed by atoms with Gasteiger partial charge in [-0.05, 0) is 57.7 Å². The number of nitrogens with zero attached hydrogens (tertiary/aromatic N) is 4. The quantitative estimate of drug-likeness (QED) is 0.356. The second kappa shape index (κ2) is 11.2. The number of hydrogen-bond donors (Lipinski definition) is 0. The molecule has 8 nitrogen and oxygen atoms in total. The largest absolute Gasteiger partial charge is 0.444 e. The predicted octanol–water partition coefficient (Wildman–Crippen LogP) is 5.88. The van der Waals surface area contributed by atoms with E-state index in [1.807, 2.05) is 62.1 Å². The number of carbonyl (C=O) groups excluding carboxylic acids is 2. The fraction of sp³-hybridized carbons (Fsp3) is 0.485. The van der Waals surface area contributed by atoms with Crippen LogP contribution in [0.25, 0.3) is 11.3 Å². The van der Waals surface area contributed by atoms with E-state index in [1.165, 1.54) is 12.1 Å². The molecule has 0 N–H and O–H groups in total. The lowest BCUT2D eigenvalue weighted by atomic mass is 9.84. The summed E-state index contributed by atoms with van der Waals surface area (Å²) in [7, 11) is 0. The molecule has 1 aliphatic carbocycles. The highest BCUT2D eigenvalue weighted by Crippen LogP contribution is 2.50. The van der Waals surface area contributed by atoms with Crippen molar-refractivity contribution in [3.63, 3.8) is 0 Å². The number of imidazole rings is 1. The van der Waals surface area contributed by atoms with Crippen molar-refractivity contribution in [3.05, 3.63) is 78.0 Å². The summed E-state index contributed by atoms with van der Waals surface area (Å²) in [6.07, 6.45) is 5.97. The number of rotatable bonds is 5. The third-order valence-electron chi connectivity index (χ3n) is 8.59. The van der Waals surface area contributed by atoms with Crippen LogP contribution in [-0.4, -0.2) is 74.8 Å². The Morgan fingerprint density at radius 3 is 2.60 bits per heavy atom. The first kappa shape index (κ1) is 28.4. The number of ether oxygens (including phenoxy) is 2. The first-order valence-electron chi connectivity index (χ1n) is 14.9. The molecule has 42 heavy (non-hydrogen) atoms. The lowest BCUT2D eigenvalue weighted by Crippen LogP contribution is -2.58.